The van der Waals surface area contributed by atoms with E-state index < -0.39 is 0 Å². The number of aromatic nitrogens is 1. The fourth-order valence-corrected chi connectivity index (χ4v) is 3.71. The van der Waals surface area contributed by atoms with E-state index in [2.05, 4.69) is 29.2 Å². The van der Waals surface area contributed by atoms with Gasteiger partial charge in [0.25, 0.3) is 0 Å². The number of rotatable bonds is 7. The molecule has 4 rings (SSSR count). The molecule has 0 N–H and O–H groups in total. The first kappa shape index (κ1) is 20.4. The van der Waals surface area contributed by atoms with E-state index in [9.17, 15) is 0 Å². The minimum absolute atomic E-state index is 0.626. The average molecular weight is 405 g/mol. The molecule has 5 heteroatoms. The Hall–Kier alpha value is -2.89. The van der Waals surface area contributed by atoms with Gasteiger partial charge in [0.05, 0.1) is 31.6 Å². The zero-order valence-corrected chi connectivity index (χ0v) is 17.6. The quantitative estimate of drug-likeness (QED) is 0.582. The van der Waals surface area contributed by atoms with E-state index in [1.54, 1.807) is 7.11 Å². The Kier molecular flexibility index (Phi) is 6.62. The van der Waals surface area contributed by atoms with Crippen LogP contribution in [-0.2, 0) is 4.74 Å². The van der Waals surface area contributed by atoms with Crippen molar-refractivity contribution >= 4 is 0 Å². The summed E-state index contributed by atoms with van der Waals surface area (Å²) in [6.07, 6.45) is 0. The number of ether oxygens (including phenoxy) is 3. The Morgan fingerprint density at radius 1 is 0.967 bits per heavy atom. The summed E-state index contributed by atoms with van der Waals surface area (Å²) in [4.78, 5) is 7.26. The Morgan fingerprint density at radius 2 is 1.70 bits per heavy atom. The maximum Gasteiger partial charge on any atom is 0.131 e. The molecule has 30 heavy (non-hydrogen) atoms. The minimum Gasteiger partial charge on any atom is -0.497 e. The zero-order valence-electron chi connectivity index (χ0n) is 17.6. The number of morpholine rings is 1. The highest BCUT2D eigenvalue weighted by Gasteiger charge is 2.17. The van der Waals surface area contributed by atoms with Gasteiger partial charge in [0.2, 0.25) is 0 Å². The van der Waals surface area contributed by atoms with Gasteiger partial charge in [-0.2, -0.15) is 0 Å². The molecule has 0 spiro atoms. The first-order valence-corrected chi connectivity index (χ1v) is 10.4. The second-order valence-corrected chi connectivity index (χ2v) is 7.38. The highest BCUT2D eigenvalue weighted by Crippen LogP contribution is 2.39. The fourth-order valence-electron chi connectivity index (χ4n) is 3.71. The predicted octanol–water partition coefficient (Wildman–Crippen LogP) is 4.44. The van der Waals surface area contributed by atoms with E-state index in [0.717, 1.165) is 72.4 Å². The van der Waals surface area contributed by atoms with Crippen molar-refractivity contribution in [2.45, 2.75) is 6.92 Å². The number of methoxy groups -OCH3 is 1. The number of benzene rings is 2. The summed E-state index contributed by atoms with van der Waals surface area (Å²) in [7, 11) is 1.68. The second-order valence-electron chi connectivity index (χ2n) is 7.38. The van der Waals surface area contributed by atoms with E-state index in [4.69, 9.17) is 19.2 Å². The molecule has 1 aliphatic rings. The molecule has 0 bridgehead atoms. The Balaban J connectivity index is 1.69. The van der Waals surface area contributed by atoms with Gasteiger partial charge in [0.1, 0.15) is 18.1 Å². The molecule has 1 aromatic heterocycles. The monoisotopic (exact) mass is 404 g/mol. The van der Waals surface area contributed by atoms with Crippen LogP contribution < -0.4 is 9.47 Å². The fraction of sp³-hybridized carbons (Fsp3) is 0.320. The van der Waals surface area contributed by atoms with Crippen LogP contribution in [0.1, 0.15) is 5.69 Å². The van der Waals surface area contributed by atoms with Gasteiger partial charge in [-0.15, -0.1) is 0 Å². The van der Waals surface area contributed by atoms with Crippen molar-refractivity contribution in [3.8, 4) is 33.9 Å². The zero-order chi connectivity index (χ0) is 20.8. The molecule has 3 aromatic rings. The molecule has 1 saturated heterocycles. The van der Waals surface area contributed by atoms with Crippen molar-refractivity contribution < 1.29 is 14.2 Å². The molecule has 0 aliphatic carbocycles. The molecule has 5 nitrogen and oxygen atoms in total. The van der Waals surface area contributed by atoms with Crippen LogP contribution in [0.4, 0.5) is 0 Å². The van der Waals surface area contributed by atoms with Crippen LogP contribution in [-0.4, -0.2) is 56.4 Å². The number of aryl methyl sites for hydroxylation is 1. The SMILES string of the molecule is COc1ccc(-c2c(OCCN3CCOCC3)cc(C)nc2-c2ccccc2)cc1. The van der Waals surface area contributed by atoms with Crippen LogP contribution in [0.25, 0.3) is 22.4 Å². The predicted molar refractivity (Wildman–Crippen MR) is 119 cm³/mol. The largest absolute Gasteiger partial charge is 0.497 e. The Bertz CT molecular complexity index is 952. The summed E-state index contributed by atoms with van der Waals surface area (Å²) < 4.78 is 17.1. The molecule has 2 aromatic carbocycles. The van der Waals surface area contributed by atoms with Gasteiger partial charge >= 0.3 is 0 Å². The molecule has 0 amide bonds. The lowest BCUT2D eigenvalue weighted by Crippen LogP contribution is -2.38. The highest BCUT2D eigenvalue weighted by molar-refractivity contribution is 5.85. The number of hydrogen-bond acceptors (Lipinski definition) is 5. The van der Waals surface area contributed by atoms with E-state index in [1.807, 2.05) is 43.3 Å². The Morgan fingerprint density at radius 3 is 2.40 bits per heavy atom. The average Bonchev–Trinajstić information content (AvgIpc) is 2.80. The summed E-state index contributed by atoms with van der Waals surface area (Å²) in [6.45, 7) is 7.03. The summed E-state index contributed by atoms with van der Waals surface area (Å²) in [5.74, 6) is 1.69. The highest BCUT2D eigenvalue weighted by atomic mass is 16.5. The Labute approximate surface area is 178 Å². The van der Waals surface area contributed by atoms with Gasteiger partial charge in [-0.25, -0.2) is 0 Å². The molecule has 0 saturated carbocycles. The van der Waals surface area contributed by atoms with Crippen LogP contribution in [0.5, 0.6) is 11.5 Å². The van der Waals surface area contributed by atoms with Crippen molar-refractivity contribution in [2.75, 3.05) is 46.6 Å². The molecule has 0 unspecified atom stereocenters. The summed E-state index contributed by atoms with van der Waals surface area (Å²) in [5, 5.41) is 0. The van der Waals surface area contributed by atoms with Crippen molar-refractivity contribution in [3.05, 3.63) is 66.4 Å². The lowest BCUT2D eigenvalue weighted by molar-refractivity contribution is 0.0323. The number of nitrogens with zero attached hydrogens (tertiary/aromatic N) is 2. The maximum absolute atomic E-state index is 6.34. The van der Waals surface area contributed by atoms with Crippen molar-refractivity contribution in [3.63, 3.8) is 0 Å². The third-order valence-corrected chi connectivity index (χ3v) is 5.31. The van der Waals surface area contributed by atoms with Crippen LogP contribution in [0.2, 0.25) is 0 Å². The third-order valence-electron chi connectivity index (χ3n) is 5.31. The standard InChI is InChI=1S/C25H28N2O3/c1-19-18-23(30-17-14-27-12-15-29-16-13-27)24(20-8-10-22(28-2)11-9-20)25(26-19)21-6-4-3-5-7-21/h3-11,18H,12-17H2,1-2H3. The first-order valence-electron chi connectivity index (χ1n) is 10.4. The van der Waals surface area contributed by atoms with Crippen molar-refractivity contribution in [1.29, 1.82) is 0 Å². The van der Waals surface area contributed by atoms with Crippen LogP contribution >= 0.6 is 0 Å². The third kappa shape index (κ3) is 4.81. The molecule has 1 aliphatic heterocycles. The van der Waals surface area contributed by atoms with Gasteiger partial charge in [0, 0.05) is 37.0 Å². The molecule has 2 heterocycles. The van der Waals surface area contributed by atoms with Gasteiger partial charge in [-0.05, 0) is 24.6 Å². The van der Waals surface area contributed by atoms with Gasteiger partial charge in [-0.3, -0.25) is 9.88 Å². The normalized spacial score (nSPS) is 14.5. The smallest absolute Gasteiger partial charge is 0.131 e. The van der Waals surface area contributed by atoms with Gasteiger partial charge in [-0.1, -0.05) is 42.5 Å². The molecule has 0 atom stereocenters. The number of pyridine rings is 1. The molecular formula is C25H28N2O3. The van der Waals surface area contributed by atoms with Crippen molar-refractivity contribution in [2.24, 2.45) is 0 Å². The summed E-state index contributed by atoms with van der Waals surface area (Å²) in [5.41, 5.74) is 5.01. The van der Waals surface area contributed by atoms with E-state index in [1.165, 1.54) is 0 Å². The van der Waals surface area contributed by atoms with E-state index in [-0.39, 0.29) is 0 Å². The van der Waals surface area contributed by atoms with Crippen molar-refractivity contribution in [1.82, 2.24) is 9.88 Å². The summed E-state index contributed by atoms with van der Waals surface area (Å²) in [6, 6.07) is 20.4. The second kappa shape index (κ2) is 9.74. The van der Waals surface area contributed by atoms with Crippen LogP contribution in [0.15, 0.2) is 60.7 Å². The molecular weight excluding hydrogens is 376 g/mol. The van der Waals surface area contributed by atoms with Gasteiger partial charge in [0.15, 0.2) is 0 Å². The minimum atomic E-state index is 0.626. The first-order chi connectivity index (χ1) is 14.7. The van der Waals surface area contributed by atoms with Gasteiger partial charge < -0.3 is 14.2 Å². The molecule has 156 valence electrons. The molecule has 0 radical (unpaired) electrons. The van der Waals surface area contributed by atoms with E-state index >= 15 is 0 Å². The topological polar surface area (TPSA) is 43.8 Å². The van der Waals surface area contributed by atoms with E-state index in [0.29, 0.717) is 6.61 Å². The lowest BCUT2D eigenvalue weighted by Gasteiger charge is -2.26. The molecule has 1 fully saturated rings. The van der Waals surface area contributed by atoms with Crippen LogP contribution in [0, 0.1) is 6.92 Å². The summed E-state index contributed by atoms with van der Waals surface area (Å²) >= 11 is 0. The van der Waals surface area contributed by atoms with Crippen LogP contribution in [0.3, 0.4) is 0 Å². The maximum atomic E-state index is 6.34. The number of hydrogen-bond donors (Lipinski definition) is 0. The lowest BCUT2D eigenvalue weighted by atomic mass is 9.97.